The summed E-state index contributed by atoms with van der Waals surface area (Å²) in [6, 6.07) is 17.8. The first-order chi connectivity index (χ1) is 9.74. The van der Waals surface area contributed by atoms with Crippen LogP contribution in [0, 0.1) is 6.92 Å². The van der Waals surface area contributed by atoms with Gasteiger partial charge in [-0.15, -0.1) is 0 Å². The summed E-state index contributed by atoms with van der Waals surface area (Å²) in [6.07, 6.45) is 1.68. The Kier molecular flexibility index (Phi) is 4.89. The third-order valence-corrected chi connectivity index (χ3v) is 2.63. The SMILES string of the molecule is CC(C=NNc1ccc(C)cc1)=NNc1ccccc1. The van der Waals surface area contributed by atoms with Crippen molar-refractivity contribution >= 4 is 23.3 Å². The zero-order chi connectivity index (χ0) is 14.2. The van der Waals surface area contributed by atoms with Gasteiger partial charge in [0.2, 0.25) is 0 Å². The molecule has 0 saturated heterocycles. The third-order valence-electron chi connectivity index (χ3n) is 2.63. The number of rotatable bonds is 5. The van der Waals surface area contributed by atoms with E-state index >= 15 is 0 Å². The second kappa shape index (κ2) is 7.09. The van der Waals surface area contributed by atoms with Crippen LogP contribution in [0.5, 0.6) is 0 Å². The zero-order valence-electron chi connectivity index (χ0n) is 11.7. The first-order valence-corrected chi connectivity index (χ1v) is 6.45. The predicted octanol–water partition coefficient (Wildman–Crippen LogP) is 3.88. The summed E-state index contributed by atoms with van der Waals surface area (Å²) in [7, 11) is 0. The highest BCUT2D eigenvalue weighted by molar-refractivity contribution is 6.29. The lowest BCUT2D eigenvalue weighted by Crippen LogP contribution is -2.00. The highest BCUT2D eigenvalue weighted by atomic mass is 15.3. The molecule has 0 bridgehead atoms. The molecule has 0 spiro atoms. The molecule has 4 nitrogen and oxygen atoms in total. The standard InChI is InChI=1S/C16H18N4/c1-13-8-10-16(11-9-13)19-17-12-14(2)18-20-15-6-4-3-5-7-15/h3-12,19-20H,1-2H3. The Hall–Kier alpha value is -2.62. The first-order valence-electron chi connectivity index (χ1n) is 6.45. The van der Waals surface area contributed by atoms with Crippen LogP contribution in [0.3, 0.4) is 0 Å². The number of para-hydroxylation sites is 1. The lowest BCUT2D eigenvalue weighted by molar-refractivity contribution is 1.32. The molecule has 0 aromatic heterocycles. The van der Waals surface area contributed by atoms with E-state index in [-0.39, 0.29) is 0 Å². The van der Waals surface area contributed by atoms with Gasteiger partial charge in [0.25, 0.3) is 0 Å². The van der Waals surface area contributed by atoms with Gasteiger partial charge in [-0.1, -0.05) is 35.9 Å². The minimum atomic E-state index is 0.786. The van der Waals surface area contributed by atoms with Crippen LogP contribution in [0.15, 0.2) is 64.8 Å². The van der Waals surface area contributed by atoms with Crippen molar-refractivity contribution in [2.75, 3.05) is 10.9 Å². The van der Waals surface area contributed by atoms with Gasteiger partial charge in [-0.2, -0.15) is 10.2 Å². The fourth-order valence-corrected chi connectivity index (χ4v) is 1.52. The highest BCUT2D eigenvalue weighted by Gasteiger charge is 1.90. The van der Waals surface area contributed by atoms with Crippen molar-refractivity contribution in [3.8, 4) is 0 Å². The molecule has 2 aromatic carbocycles. The van der Waals surface area contributed by atoms with Gasteiger partial charge >= 0.3 is 0 Å². The number of aryl methyl sites for hydroxylation is 1. The number of hydrogen-bond donors (Lipinski definition) is 2. The van der Waals surface area contributed by atoms with Crippen LogP contribution in [0.2, 0.25) is 0 Å². The molecule has 0 unspecified atom stereocenters. The first kappa shape index (κ1) is 13.8. The summed E-state index contributed by atoms with van der Waals surface area (Å²) in [5.41, 5.74) is 9.85. The molecule has 2 aromatic rings. The normalized spacial score (nSPS) is 11.6. The van der Waals surface area contributed by atoms with Gasteiger partial charge in [-0.3, -0.25) is 10.9 Å². The summed E-state index contributed by atoms with van der Waals surface area (Å²) in [4.78, 5) is 0. The molecule has 0 fully saturated rings. The fraction of sp³-hybridized carbons (Fsp3) is 0.125. The van der Waals surface area contributed by atoms with E-state index in [0.717, 1.165) is 17.1 Å². The molecule has 2 N–H and O–H groups in total. The Labute approximate surface area is 119 Å². The van der Waals surface area contributed by atoms with Gasteiger partial charge in [0.15, 0.2) is 0 Å². The van der Waals surface area contributed by atoms with Crippen LogP contribution in [0.1, 0.15) is 12.5 Å². The van der Waals surface area contributed by atoms with E-state index in [1.54, 1.807) is 6.21 Å². The number of nitrogens with one attached hydrogen (secondary N) is 2. The lowest BCUT2D eigenvalue weighted by Gasteiger charge is -2.01. The average molecular weight is 266 g/mol. The molecule has 0 radical (unpaired) electrons. The fourth-order valence-electron chi connectivity index (χ4n) is 1.52. The second-order valence-corrected chi connectivity index (χ2v) is 4.47. The quantitative estimate of drug-likeness (QED) is 0.637. The molecule has 0 amide bonds. The number of anilines is 2. The van der Waals surface area contributed by atoms with Crippen molar-refractivity contribution < 1.29 is 0 Å². The topological polar surface area (TPSA) is 48.8 Å². The summed E-state index contributed by atoms with van der Waals surface area (Å²) in [6.45, 7) is 3.94. The van der Waals surface area contributed by atoms with Crippen molar-refractivity contribution in [2.45, 2.75) is 13.8 Å². The van der Waals surface area contributed by atoms with Crippen LogP contribution in [0.25, 0.3) is 0 Å². The number of benzene rings is 2. The average Bonchev–Trinajstić information content (AvgIpc) is 2.48. The maximum Gasteiger partial charge on any atom is 0.0776 e. The van der Waals surface area contributed by atoms with Crippen LogP contribution in [-0.4, -0.2) is 11.9 Å². The molecule has 2 rings (SSSR count). The van der Waals surface area contributed by atoms with Crippen LogP contribution < -0.4 is 10.9 Å². The molecule has 0 aliphatic rings. The van der Waals surface area contributed by atoms with E-state index in [0.29, 0.717) is 0 Å². The maximum atomic E-state index is 4.22. The largest absolute Gasteiger partial charge is 0.278 e. The molecular weight excluding hydrogens is 248 g/mol. The van der Waals surface area contributed by atoms with Crippen LogP contribution in [-0.2, 0) is 0 Å². The Morgan fingerprint density at radius 3 is 2.25 bits per heavy atom. The van der Waals surface area contributed by atoms with Crippen molar-refractivity contribution in [1.29, 1.82) is 0 Å². The molecule has 102 valence electrons. The minimum Gasteiger partial charge on any atom is -0.278 e. The van der Waals surface area contributed by atoms with Gasteiger partial charge in [0.05, 0.1) is 23.3 Å². The zero-order valence-corrected chi connectivity index (χ0v) is 11.7. The Morgan fingerprint density at radius 2 is 1.55 bits per heavy atom. The Morgan fingerprint density at radius 1 is 0.900 bits per heavy atom. The number of hydrogen-bond acceptors (Lipinski definition) is 4. The third kappa shape index (κ3) is 4.57. The van der Waals surface area contributed by atoms with E-state index < -0.39 is 0 Å². The van der Waals surface area contributed by atoms with E-state index in [1.165, 1.54) is 5.56 Å². The van der Waals surface area contributed by atoms with Crippen molar-refractivity contribution in [2.24, 2.45) is 10.2 Å². The summed E-state index contributed by atoms with van der Waals surface area (Å²) in [5, 5.41) is 8.35. The monoisotopic (exact) mass is 266 g/mol. The van der Waals surface area contributed by atoms with Gasteiger partial charge in [-0.25, -0.2) is 0 Å². The van der Waals surface area contributed by atoms with Gasteiger partial charge in [-0.05, 0) is 38.1 Å². The van der Waals surface area contributed by atoms with Crippen LogP contribution >= 0.6 is 0 Å². The van der Waals surface area contributed by atoms with Crippen molar-refractivity contribution in [1.82, 2.24) is 0 Å². The molecule has 20 heavy (non-hydrogen) atoms. The number of hydrazone groups is 2. The van der Waals surface area contributed by atoms with E-state index in [4.69, 9.17) is 0 Å². The van der Waals surface area contributed by atoms with Crippen molar-refractivity contribution in [3.05, 3.63) is 60.2 Å². The van der Waals surface area contributed by atoms with Crippen LogP contribution in [0.4, 0.5) is 11.4 Å². The van der Waals surface area contributed by atoms with Gasteiger partial charge in [0, 0.05) is 0 Å². The highest BCUT2D eigenvalue weighted by Crippen LogP contribution is 2.08. The molecular formula is C16H18N4. The smallest absolute Gasteiger partial charge is 0.0776 e. The molecule has 0 heterocycles. The van der Waals surface area contributed by atoms with E-state index in [1.807, 2.05) is 61.5 Å². The lowest BCUT2D eigenvalue weighted by atomic mass is 10.2. The maximum absolute atomic E-state index is 4.22. The van der Waals surface area contributed by atoms with Gasteiger partial charge in [0.1, 0.15) is 0 Å². The minimum absolute atomic E-state index is 0.786. The summed E-state index contributed by atoms with van der Waals surface area (Å²) >= 11 is 0. The summed E-state index contributed by atoms with van der Waals surface area (Å²) < 4.78 is 0. The molecule has 0 aliphatic carbocycles. The molecule has 0 aliphatic heterocycles. The van der Waals surface area contributed by atoms with E-state index in [9.17, 15) is 0 Å². The van der Waals surface area contributed by atoms with Crippen molar-refractivity contribution in [3.63, 3.8) is 0 Å². The molecule has 4 heteroatoms. The molecule has 0 atom stereocenters. The Balaban J connectivity index is 1.85. The predicted molar refractivity (Wildman–Crippen MR) is 86.5 cm³/mol. The second-order valence-electron chi connectivity index (χ2n) is 4.47. The van der Waals surface area contributed by atoms with E-state index in [2.05, 4.69) is 28.0 Å². The Bertz CT molecular complexity index is 586. The number of nitrogens with zero attached hydrogens (tertiary/aromatic N) is 2. The summed E-state index contributed by atoms with van der Waals surface area (Å²) in [5.74, 6) is 0. The molecule has 0 saturated carbocycles. The van der Waals surface area contributed by atoms with Gasteiger partial charge < -0.3 is 0 Å².